The van der Waals surface area contributed by atoms with Gasteiger partial charge in [0.05, 0.1) is 22.8 Å². The quantitative estimate of drug-likeness (QED) is 0.457. The van der Waals surface area contributed by atoms with Crippen molar-refractivity contribution in [3.05, 3.63) is 67.7 Å². The van der Waals surface area contributed by atoms with Crippen LogP contribution in [-0.2, 0) is 4.74 Å². The number of nitrogens with one attached hydrogen (secondary N) is 1. The number of nitrogens with zero attached hydrogens (tertiary/aromatic N) is 1. The summed E-state index contributed by atoms with van der Waals surface area (Å²) in [6, 6.07) is 8.81. The second-order valence-corrected chi connectivity index (χ2v) is 6.04. The fourth-order valence-electron chi connectivity index (χ4n) is 2.10. The molecule has 0 atom stereocenters. The Bertz CT molecular complexity index is 851. The lowest BCUT2D eigenvalue weighted by Gasteiger charge is -2.09. The number of nitro groups is 1. The van der Waals surface area contributed by atoms with Gasteiger partial charge in [0.1, 0.15) is 0 Å². The third-order valence-electron chi connectivity index (χ3n) is 3.27. The maximum atomic E-state index is 12.5. The molecule has 0 saturated carbocycles. The van der Waals surface area contributed by atoms with E-state index in [1.165, 1.54) is 6.07 Å². The van der Waals surface area contributed by atoms with Crippen molar-refractivity contribution in [2.24, 2.45) is 0 Å². The summed E-state index contributed by atoms with van der Waals surface area (Å²) in [4.78, 5) is 34.7. The molecule has 0 unspecified atom stereocenters. The molecule has 0 aliphatic rings. The summed E-state index contributed by atoms with van der Waals surface area (Å²) in [5.74, 6) is -1.30. The zero-order chi connectivity index (χ0) is 18.6. The number of non-ortho nitro benzene ring substituents is 1. The lowest BCUT2D eigenvalue weighted by Crippen LogP contribution is -2.14. The molecule has 2 aromatic rings. The van der Waals surface area contributed by atoms with Crippen LogP contribution < -0.4 is 5.32 Å². The number of esters is 1. The molecule has 0 bridgehead atoms. The third kappa shape index (κ3) is 4.63. The lowest BCUT2D eigenvalue weighted by molar-refractivity contribution is -0.384. The topological polar surface area (TPSA) is 98.5 Å². The number of rotatable bonds is 5. The molecule has 0 fully saturated rings. The van der Waals surface area contributed by atoms with Crippen LogP contribution in [0.5, 0.6) is 0 Å². The van der Waals surface area contributed by atoms with Crippen LogP contribution in [0.4, 0.5) is 11.4 Å². The Balaban J connectivity index is 2.37. The molecule has 2 rings (SSSR count). The molecule has 0 aliphatic carbocycles. The number of hydrogen-bond donors (Lipinski definition) is 1. The first-order valence-corrected chi connectivity index (χ1v) is 8.15. The van der Waals surface area contributed by atoms with E-state index in [-0.39, 0.29) is 23.4 Å². The highest BCUT2D eigenvalue weighted by molar-refractivity contribution is 9.10. The molecular weight excluding hydrogens is 392 g/mol. The van der Waals surface area contributed by atoms with E-state index < -0.39 is 16.8 Å². The number of benzene rings is 2. The fraction of sp³-hybridized carbons (Fsp3) is 0.176. The van der Waals surface area contributed by atoms with Crippen molar-refractivity contribution in [2.75, 3.05) is 11.9 Å². The van der Waals surface area contributed by atoms with E-state index in [1.807, 2.05) is 19.1 Å². The molecule has 7 nitrogen and oxygen atoms in total. The minimum Gasteiger partial charge on any atom is -0.462 e. The molecule has 0 radical (unpaired) electrons. The third-order valence-corrected chi connectivity index (χ3v) is 3.93. The Morgan fingerprint density at radius 3 is 2.48 bits per heavy atom. The van der Waals surface area contributed by atoms with E-state index in [2.05, 4.69) is 21.2 Å². The van der Waals surface area contributed by atoms with Crippen LogP contribution in [0.3, 0.4) is 0 Å². The van der Waals surface area contributed by atoms with E-state index in [9.17, 15) is 19.7 Å². The highest BCUT2D eigenvalue weighted by Crippen LogP contribution is 2.25. The first kappa shape index (κ1) is 18.6. The van der Waals surface area contributed by atoms with Gasteiger partial charge in [0.25, 0.3) is 11.6 Å². The van der Waals surface area contributed by atoms with Gasteiger partial charge in [0.15, 0.2) is 0 Å². The Labute approximate surface area is 152 Å². The molecule has 0 spiro atoms. The molecule has 25 heavy (non-hydrogen) atoms. The van der Waals surface area contributed by atoms with Crippen LogP contribution in [0.25, 0.3) is 0 Å². The number of anilines is 1. The van der Waals surface area contributed by atoms with Crippen LogP contribution in [0.15, 0.2) is 40.9 Å². The zero-order valence-corrected chi connectivity index (χ0v) is 15.1. The van der Waals surface area contributed by atoms with Crippen molar-refractivity contribution in [3.8, 4) is 0 Å². The lowest BCUT2D eigenvalue weighted by atomic mass is 10.1. The number of hydrogen-bond acceptors (Lipinski definition) is 5. The number of halogens is 1. The maximum Gasteiger partial charge on any atom is 0.338 e. The molecular formula is C17H15BrN2O5. The minimum absolute atomic E-state index is 0.00951. The summed E-state index contributed by atoms with van der Waals surface area (Å²) >= 11 is 3.35. The normalized spacial score (nSPS) is 10.2. The SMILES string of the molecule is CCOC(=O)c1cc(C(=O)Nc2ccc(C)cc2Br)cc([N+](=O)[O-])c1. The highest BCUT2D eigenvalue weighted by Gasteiger charge is 2.19. The van der Waals surface area contributed by atoms with Gasteiger partial charge >= 0.3 is 5.97 Å². The molecule has 8 heteroatoms. The average molecular weight is 407 g/mol. The van der Waals surface area contributed by atoms with Gasteiger partial charge in [-0.15, -0.1) is 0 Å². The zero-order valence-electron chi connectivity index (χ0n) is 13.5. The van der Waals surface area contributed by atoms with Gasteiger partial charge in [-0.1, -0.05) is 6.07 Å². The molecule has 1 amide bonds. The van der Waals surface area contributed by atoms with Gasteiger partial charge in [-0.25, -0.2) is 4.79 Å². The van der Waals surface area contributed by atoms with Crippen LogP contribution in [0.2, 0.25) is 0 Å². The number of carbonyl (C=O) groups excluding carboxylic acids is 2. The predicted molar refractivity (Wildman–Crippen MR) is 95.9 cm³/mol. The van der Waals surface area contributed by atoms with Gasteiger partial charge in [-0.2, -0.15) is 0 Å². The van der Waals surface area contributed by atoms with E-state index in [0.717, 1.165) is 17.7 Å². The highest BCUT2D eigenvalue weighted by atomic mass is 79.9. The number of nitro benzene ring substituents is 1. The van der Waals surface area contributed by atoms with Gasteiger partial charge < -0.3 is 10.1 Å². The summed E-state index contributed by atoms with van der Waals surface area (Å²) in [6.45, 7) is 3.65. The number of aryl methyl sites for hydroxylation is 1. The van der Waals surface area contributed by atoms with Gasteiger partial charge in [-0.05, 0) is 53.5 Å². The van der Waals surface area contributed by atoms with Crippen molar-refractivity contribution in [1.29, 1.82) is 0 Å². The van der Waals surface area contributed by atoms with Gasteiger partial charge in [0, 0.05) is 22.2 Å². The van der Waals surface area contributed by atoms with Crippen molar-refractivity contribution in [1.82, 2.24) is 0 Å². The Hall–Kier alpha value is -2.74. The first-order chi connectivity index (χ1) is 11.8. The summed E-state index contributed by atoms with van der Waals surface area (Å²) in [5, 5.41) is 13.7. The van der Waals surface area contributed by atoms with Crippen molar-refractivity contribution >= 4 is 39.2 Å². The van der Waals surface area contributed by atoms with Gasteiger partial charge in [0.2, 0.25) is 0 Å². The van der Waals surface area contributed by atoms with Crippen LogP contribution >= 0.6 is 15.9 Å². The van der Waals surface area contributed by atoms with Crippen molar-refractivity contribution in [2.45, 2.75) is 13.8 Å². The Morgan fingerprint density at radius 1 is 1.20 bits per heavy atom. The second kappa shape index (κ2) is 7.89. The average Bonchev–Trinajstić information content (AvgIpc) is 2.57. The van der Waals surface area contributed by atoms with Crippen molar-refractivity contribution < 1.29 is 19.2 Å². The van der Waals surface area contributed by atoms with Crippen molar-refractivity contribution in [3.63, 3.8) is 0 Å². The standard InChI is InChI=1S/C17H15BrN2O5/c1-3-25-17(22)12-7-11(8-13(9-12)20(23)24)16(21)19-15-5-4-10(2)6-14(15)18/h4-9H,3H2,1-2H3,(H,19,21). The first-order valence-electron chi connectivity index (χ1n) is 7.36. The summed E-state index contributed by atoms with van der Waals surface area (Å²) in [6.07, 6.45) is 0. The molecule has 0 aliphatic heterocycles. The molecule has 130 valence electrons. The molecule has 1 N–H and O–H groups in total. The minimum atomic E-state index is -0.725. The number of amides is 1. The molecule has 0 aromatic heterocycles. The number of carbonyl (C=O) groups is 2. The Morgan fingerprint density at radius 2 is 1.88 bits per heavy atom. The molecule has 2 aromatic carbocycles. The van der Waals surface area contributed by atoms with E-state index >= 15 is 0 Å². The summed E-state index contributed by atoms with van der Waals surface area (Å²) in [7, 11) is 0. The van der Waals surface area contributed by atoms with E-state index in [0.29, 0.717) is 10.2 Å². The second-order valence-electron chi connectivity index (χ2n) is 5.18. The largest absolute Gasteiger partial charge is 0.462 e. The predicted octanol–water partition coefficient (Wildman–Crippen LogP) is 4.09. The molecule has 0 saturated heterocycles. The summed E-state index contributed by atoms with van der Waals surface area (Å²) in [5.41, 5.74) is 1.09. The fourth-order valence-corrected chi connectivity index (χ4v) is 2.69. The van der Waals surface area contributed by atoms with Gasteiger partial charge in [-0.3, -0.25) is 14.9 Å². The van der Waals surface area contributed by atoms with Crippen LogP contribution in [0, 0.1) is 17.0 Å². The van der Waals surface area contributed by atoms with Crippen LogP contribution in [-0.4, -0.2) is 23.4 Å². The molecule has 0 heterocycles. The smallest absolute Gasteiger partial charge is 0.338 e. The van der Waals surface area contributed by atoms with E-state index in [4.69, 9.17) is 4.74 Å². The van der Waals surface area contributed by atoms with Crippen LogP contribution in [0.1, 0.15) is 33.2 Å². The summed E-state index contributed by atoms with van der Waals surface area (Å²) < 4.78 is 5.52. The number of ether oxygens (including phenoxy) is 1. The monoisotopic (exact) mass is 406 g/mol. The Kier molecular flexibility index (Phi) is 5.87. The van der Waals surface area contributed by atoms with E-state index in [1.54, 1.807) is 13.0 Å². The maximum absolute atomic E-state index is 12.5.